The van der Waals surface area contributed by atoms with Crippen molar-refractivity contribution in [2.45, 2.75) is 32.7 Å². The number of aliphatic imine (C=N–C) groups is 1. The molecule has 0 unspecified atom stereocenters. The molecule has 2 heterocycles. The molecule has 1 amide bonds. The minimum absolute atomic E-state index is 0.0989. The van der Waals surface area contributed by atoms with Crippen LogP contribution in [0.5, 0.6) is 0 Å². The van der Waals surface area contributed by atoms with E-state index in [-0.39, 0.29) is 11.7 Å². The first-order valence-electron chi connectivity index (χ1n) is 14.9. The van der Waals surface area contributed by atoms with Crippen molar-refractivity contribution in [3.63, 3.8) is 0 Å². The lowest BCUT2D eigenvalue weighted by molar-refractivity contribution is 0.0951. The summed E-state index contributed by atoms with van der Waals surface area (Å²) in [4.78, 5) is 29.3. The third-order valence-electron chi connectivity index (χ3n) is 7.41. The maximum absolute atomic E-state index is 13.6. The van der Waals surface area contributed by atoms with Crippen molar-refractivity contribution in [3.8, 4) is 11.3 Å². The van der Waals surface area contributed by atoms with Crippen molar-refractivity contribution in [3.05, 3.63) is 119 Å². The van der Waals surface area contributed by atoms with Gasteiger partial charge in [-0.2, -0.15) is 0 Å². The summed E-state index contributed by atoms with van der Waals surface area (Å²) in [7, 11) is 0. The molecule has 9 heteroatoms. The van der Waals surface area contributed by atoms with Gasteiger partial charge in [-0.15, -0.1) is 6.58 Å². The lowest BCUT2D eigenvalue weighted by atomic mass is 9.95. The predicted octanol–water partition coefficient (Wildman–Crippen LogP) is 7.44. The van der Waals surface area contributed by atoms with Crippen LogP contribution in [0.2, 0.25) is 5.02 Å². The normalized spacial score (nSPS) is 12.1. The highest BCUT2D eigenvalue weighted by molar-refractivity contribution is 6.31. The molecular formula is C35H36ClFN6O. The van der Waals surface area contributed by atoms with Crippen LogP contribution >= 0.6 is 11.6 Å². The van der Waals surface area contributed by atoms with Crippen molar-refractivity contribution in [1.29, 1.82) is 0 Å². The van der Waals surface area contributed by atoms with Gasteiger partial charge in [0.05, 0.1) is 18.0 Å². The third-order valence-corrected chi connectivity index (χ3v) is 7.65. The maximum Gasteiger partial charge on any atom is 0.251 e. The number of benzene rings is 3. The first-order chi connectivity index (χ1) is 21.4. The van der Waals surface area contributed by atoms with Gasteiger partial charge in [-0.1, -0.05) is 30.7 Å². The Labute approximate surface area is 262 Å². The van der Waals surface area contributed by atoms with Crippen LogP contribution in [0.15, 0.2) is 90.6 Å². The summed E-state index contributed by atoms with van der Waals surface area (Å²) in [6, 6.07) is 19.1. The van der Waals surface area contributed by atoms with E-state index in [4.69, 9.17) is 21.6 Å². The number of carbonyl (C=O) groups is 1. The second-order valence-corrected chi connectivity index (χ2v) is 11.1. The quantitative estimate of drug-likeness (QED) is 0.121. The van der Waals surface area contributed by atoms with Crippen LogP contribution in [-0.2, 0) is 6.54 Å². The van der Waals surface area contributed by atoms with E-state index in [0.717, 1.165) is 78.2 Å². The number of hydrogen-bond acceptors (Lipinski definition) is 6. The van der Waals surface area contributed by atoms with Gasteiger partial charge in [0.25, 0.3) is 5.91 Å². The minimum Gasteiger partial charge on any atom is -0.352 e. The zero-order valence-electron chi connectivity index (χ0n) is 24.8. The molecule has 7 nitrogen and oxygen atoms in total. The van der Waals surface area contributed by atoms with E-state index in [0.29, 0.717) is 29.6 Å². The van der Waals surface area contributed by atoms with E-state index in [2.05, 4.69) is 34.0 Å². The molecule has 0 radical (unpaired) electrons. The number of nitrogens with one attached hydrogen (secondary N) is 2. The van der Waals surface area contributed by atoms with Gasteiger partial charge in [0.2, 0.25) is 5.95 Å². The Morgan fingerprint density at radius 2 is 1.84 bits per heavy atom. The predicted molar refractivity (Wildman–Crippen MR) is 176 cm³/mol. The van der Waals surface area contributed by atoms with Gasteiger partial charge in [0, 0.05) is 57.8 Å². The van der Waals surface area contributed by atoms with Crippen molar-refractivity contribution in [1.82, 2.24) is 20.2 Å². The van der Waals surface area contributed by atoms with E-state index in [1.165, 1.54) is 12.1 Å². The Morgan fingerprint density at radius 1 is 1.05 bits per heavy atom. The fraction of sp³-hybridized carbons (Fsp3) is 0.257. The number of rotatable bonds is 13. The number of fused-ring (bicyclic) bond motifs is 3. The van der Waals surface area contributed by atoms with E-state index in [9.17, 15) is 9.18 Å². The molecule has 2 N–H and O–H groups in total. The van der Waals surface area contributed by atoms with Gasteiger partial charge in [-0.3, -0.25) is 9.79 Å². The SMILES string of the molecule is C=CCCN(CCC)CCCNC(=O)c1ccc(Nc2ncc3c(n2)-c2ccc(Cl)cc2C(c2ccc(F)cc2)=NC3)cc1. The molecular weight excluding hydrogens is 575 g/mol. The highest BCUT2D eigenvalue weighted by Crippen LogP contribution is 2.34. The molecule has 226 valence electrons. The average Bonchev–Trinajstić information content (AvgIpc) is 3.19. The van der Waals surface area contributed by atoms with Crippen LogP contribution in [0.3, 0.4) is 0 Å². The molecule has 1 aliphatic heterocycles. The molecule has 4 aromatic rings. The van der Waals surface area contributed by atoms with Gasteiger partial charge in [-0.25, -0.2) is 14.4 Å². The van der Waals surface area contributed by atoms with E-state index < -0.39 is 0 Å². The van der Waals surface area contributed by atoms with Crippen molar-refractivity contribution < 1.29 is 9.18 Å². The molecule has 1 aliphatic rings. The van der Waals surface area contributed by atoms with Crippen molar-refractivity contribution >= 4 is 34.9 Å². The Morgan fingerprint density at radius 3 is 2.59 bits per heavy atom. The molecule has 0 saturated heterocycles. The van der Waals surface area contributed by atoms with Crippen LogP contribution in [0.1, 0.15) is 53.2 Å². The summed E-state index contributed by atoms with van der Waals surface area (Å²) in [5, 5.41) is 6.85. The smallest absolute Gasteiger partial charge is 0.251 e. The number of amides is 1. The first kappa shape index (κ1) is 31.0. The van der Waals surface area contributed by atoms with Gasteiger partial charge in [-0.05, 0) is 93.0 Å². The first-order valence-corrected chi connectivity index (χ1v) is 15.3. The molecule has 44 heavy (non-hydrogen) atoms. The van der Waals surface area contributed by atoms with Crippen molar-refractivity contribution in [2.75, 3.05) is 31.5 Å². The molecule has 0 saturated carbocycles. The van der Waals surface area contributed by atoms with Crippen LogP contribution in [0.4, 0.5) is 16.0 Å². The number of hydrogen-bond donors (Lipinski definition) is 2. The highest BCUT2D eigenvalue weighted by Gasteiger charge is 2.21. The molecule has 0 spiro atoms. The largest absolute Gasteiger partial charge is 0.352 e. The number of carbonyl (C=O) groups excluding carboxylic acids is 1. The maximum atomic E-state index is 13.6. The molecule has 5 rings (SSSR count). The average molecular weight is 611 g/mol. The number of aromatic nitrogens is 2. The second-order valence-electron chi connectivity index (χ2n) is 10.7. The fourth-order valence-electron chi connectivity index (χ4n) is 5.20. The van der Waals surface area contributed by atoms with E-state index in [1.807, 2.05) is 36.4 Å². The third kappa shape index (κ3) is 7.75. The van der Waals surface area contributed by atoms with Gasteiger partial charge in [0.1, 0.15) is 5.82 Å². The molecule has 0 fully saturated rings. The Balaban J connectivity index is 1.25. The van der Waals surface area contributed by atoms with Crippen LogP contribution in [-0.4, -0.2) is 52.7 Å². The van der Waals surface area contributed by atoms with Crippen LogP contribution in [0, 0.1) is 5.82 Å². The zero-order chi connectivity index (χ0) is 30.9. The lowest BCUT2D eigenvalue weighted by Crippen LogP contribution is -2.31. The second kappa shape index (κ2) is 14.9. The Bertz CT molecular complexity index is 1640. The van der Waals surface area contributed by atoms with Gasteiger partial charge < -0.3 is 15.5 Å². The van der Waals surface area contributed by atoms with E-state index in [1.54, 1.807) is 30.5 Å². The summed E-state index contributed by atoms with van der Waals surface area (Å²) in [6.07, 6.45) is 6.68. The van der Waals surface area contributed by atoms with Crippen molar-refractivity contribution in [2.24, 2.45) is 4.99 Å². The molecule has 1 aromatic heterocycles. The zero-order valence-corrected chi connectivity index (χ0v) is 25.6. The Hall–Kier alpha value is -4.40. The fourth-order valence-corrected chi connectivity index (χ4v) is 5.38. The minimum atomic E-state index is -0.308. The lowest BCUT2D eigenvalue weighted by Gasteiger charge is -2.20. The standard InChI is InChI=1S/C35H36ClFN6O/c1-3-5-19-43(18-4-2)20-6-17-38-34(44)25-9-14-29(15-10-25)41-35-40-23-26-22-39-32(24-7-12-28(37)13-8-24)31-21-27(36)11-16-30(31)33(26)42-35/h3,7-16,21,23H,1,4-6,17-20,22H2,2H3,(H,38,44)(H,40,41,42). The monoisotopic (exact) mass is 610 g/mol. The summed E-state index contributed by atoms with van der Waals surface area (Å²) < 4.78 is 13.6. The van der Waals surface area contributed by atoms with Gasteiger partial charge >= 0.3 is 0 Å². The Kier molecular flexibility index (Phi) is 10.5. The summed E-state index contributed by atoms with van der Waals surface area (Å²) in [6.45, 7) is 9.97. The molecule has 0 atom stereocenters. The van der Waals surface area contributed by atoms with Crippen LogP contribution < -0.4 is 10.6 Å². The summed E-state index contributed by atoms with van der Waals surface area (Å²) in [5.41, 5.74) is 6.14. The molecule has 3 aromatic carbocycles. The number of nitrogens with zero attached hydrogens (tertiary/aromatic N) is 4. The number of halogens is 2. The van der Waals surface area contributed by atoms with Gasteiger partial charge in [0.15, 0.2) is 0 Å². The number of anilines is 2. The summed E-state index contributed by atoms with van der Waals surface area (Å²) >= 11 is 6.39. The summed E-state index contributed by atoms with van der Waals surface area (Å²) in [5.74, 6) is 0.00976. The highest BCUT2D eigenvalue weighted by atomic mass is 35.5. The molecule has 0 aliphatic carbocycles. The topological polar surface area (TPSA) is 82.5 Å². The van der Waals surface area contributed by atoms with Crippen LogP contribution in [0.25, 0.3) is 11.3 Å². The van der Waals surface area contributed by atoms with E-state index >= 15 is 0 Å². The molecule has 0 bridgehead atoms.